The van der Waals surface area contributed by atoms with Gasteiger partial charge in [0, 0.05) is 32.3 Å². The van der Waals surface area contributed by atoms with Gasteiger partial charge in [-0.15, -0.1) is 0 Å². The van der Waals surface area contributed by atoms with Crippen LogP contribution in [0.2, 0.25) is 0 Å². The summed E-state index contributed by atoms with van der Waals surface area (Å²) < 4.78 is 12.7. The van der Waals surface area contributed by atoms with Gasteiger partial charge in [-0.25, -0.2) is 4.39 Å². The molecule has 1 heterocycles. The summed E-state index contributed by atoms with van der Waals surface area (Å²) in [6, 6.07) is 6.07. The monoisotopic (exact) mass is 234 g/mol. The van der Waals surface area contributed by atoms with Crippen LogP contribution in [0.15, 0.2) is 30.3 Å². The zero-order valence-electron chi connectivity index (χ0n) is 9.53. The lowest BCUT2D eigenvalue weighted by molar-refractivity contribution is -0.126. The van der Waals surface area contributed by atoms with E-state index >= 15 is 0 Å². The minimum absolute atomic E-state index is 0.0100. The van der Waals surface area contributed by atoms with E-state index in [0.717, 1.165) is 31.7 Å². The van der Waals surface area contributed by atoms with E-state index in [2.05, 4.69) is 5.32 Å². The minimum Gasteiger partial charge on any atom is -0.337 e. The molecule has 1 aromatic carbocycles. The lowest BCUT2D eigenvalue weighted by atomic mass is 10.2. The highest BCUT2D eigenvalue weighted by Crippen LogP contribution is 2.05. The summed E-state index contributed by atoms with van der Waals surface area (Å²) in [6.45, 7) is 3.17. The van der Waals surface area contributed by atoms with Crippen LogP contribution in [-0.2, 0) is 4.79 Å². The topological polar surface area (TPSA) is 32.3 Å². The maximum atomic E-state index is 12.7. The van der Waals surface area contributed by atoms with Gasteiger partial charge in [-0.05, 0) is 23.8 Å². The second-order valence-corrected chi connectivity index (χ2v) is 3.96. The van der Waals surface area contributed by atoms with E-state index < -0.39 is 0 Å². The van der Waals surface area contributed by atoms with Crippen molar-refractivity contribution in [2.75, 3.05) is 26.2 Å². The lowest BCUT2D eigenvalue weighted by Gasteiger charge is -2.26. The molecule has 0 radical (unpaired) electrons. The van der Waals surface area contributed by atoms with Crippen LogP contribution >= 0.6 is 0 Å². The number of piperazine rings is 1. The Morgan fingerprint density at radius 1 is 1.24 bits per heavy atom. The quantitative estimate of drug-likeness (QED) is 0.782. The van der Waals surface area contributed by atoms with Crippen LogP contribution in [0.1, 0.15) is 5.56 Å². The minimum atomic E-state index is -0.268. The number of nitrogens with one attached hydrogen (secondary N) is 1. The predicted octanol–water partition coefficient (Wildman–Crippen LogP) is 1.27. The van der Waals surface area contributed by atoms with Gasteiger partial charge < -0.3 is 10.2 Å². The average Bonchev–Trinajstić information content (AvgIpc) is 2.39. The zero-order chi connectivity index (χ0) is 12.1. The van der Waals surface area contributed by atoms with E-state index in [9.17, 15) is 9.18 Å². The standard InChI is InChI=1S/C13H15FN2O/c14-12-4-1-11(2-5-12)3-6-13(17)16-9-7-15-8-10-16/h1-6,15H,7-10H2/b6-3+. The fourth-order valence-corrected chi connectivity index (χ4v) is 1.73. The normalized spacial score (nSPS) is 16.4. The molecule has 0 bridgehead atoms. The largest absolute Gasteiger partial charge is 0.337 e. The molecule has 0 atom stereocenters. The van der Waals surface area contributed by atoms with Gasteiger partial charge >= 0.3 is 0 Å². The number of hydrogen-bond donors (Lipinski definition) is 1. The molecule has 0 unspecified atom stereocenters. The molecule has 1 aliphatic heterocycles. The van der Waals surface area contributed by atoms with Crippen LogP contribution in [0.25, 0.3) is 6.08 Å². The summed E-state index contributed by atoms with van der Waals surface area (Å²) in [4.78, 5) is 13.6. The highest BCUT2D eigenvalue weighted by Gasteiger charge is 2.12. The third kappa shape index (κ3) is 3.39. The number of hydrogen-bond acceptors (Lipinski definition) is 2. The van der Waals surface area contributed by atoms with Crippen LogP contribution in [0, 0.1) is 5.82 Å². The van der Waals surface area contributed by atoms with Gasteiger partial charge in [0.25, 0.3) is 0 Å². The summed E-state index contributed by atoms with van der Waals surface area (Å²) in [5.74, 6) is -0.258. The number of amides is 1. The Balaban J connectivity index is 1.95. The van der Waals surface area contributed by atoms with Crippen molar-refractivity contribution in [1.29, 1.82) is 0 Å². The fourth-order valence-electron chi connectivity index (χ4n) is 1.73. The summed E-state index contributed by atoms with van der Waals surface area (Å²) in [5, 5.41) is 3.19. The van der Waals surface area contributed by atoms with Gasteiger partial charge in [-0.2, -0.15) is 0 Å². The molecule has 1 N–H and O–H groups in total. The number of benzene rings is 1. The highest BCUT2D eigenvalue weighted by molar-refractivity contribution is 5.91. The third-order valence-electron chi connectivity index (χ3n) is 2.72. The molecule has 0 spiro atoms. The van der Waals surface area contributed by atoms with Gasteiger partial charge in [0.05, 0.1) is 0 Å². The molecule has 1 aliphatic rings. The van der Waals surface area contributed by atoms with E-state index in [1.54, 1.807) is 29.2 Å². The van der Waals surface area contributed by atoms with Gasteiger partial charge in [-0.1, -0.05) is 12.1 Å². The molecule has 0 aromatic heterocycles. The van der Waals surface area contributed by atoms with Crippen LogP contribution < -0.4 is 5.32 Å². The maximum absolute atomic E-state index is 12.7. The predicted molar refractivity (Wildman–Crippen MR) is 64.9 cm³/mol. The Hall–Kier alpha value is -1.68. The van der Waals surface area contributed by atoms with E-state index in [1.807, 2.05) is 0 Å². The van der Waals surface area contributed by atoms with Crippen molar-refractivity contribution >= 4 is 12.0 Å². The Labute approximate surface area is 99.9 Å². The first kappa shape index (κ1) is 11.8. The molecule has 1 fully saturated rings. The van der Waals surface area contributed by atoms with Gasteiger partial charge in [0.2, 0.25) is 5.91 Å². The van der Waals surface area contributed by atoms with Gasteiger partial charge in [-0.3, -0.25) is 4.79 Å². The Bertz CT molecular complexity index is 408. The molecule has 17 heavy (non-hydrogen) atoms. The van der Waals surface area contributed by atoms with Gasteiger partial charge in [0.1, 0.15) is 5.82 Å². The molecule has 2 rings (SSSR count). The molecule has 90 valence electrons. The van der Waals surface area contributed by atoms with Crippen LogP contribution in [0.3, 0.4) is 0 Å². The van der Waals surface area contributed by atoms with Crippen molar-refractivity contribution in [1.82, 2.24) is 10.2 Å². The molecular weight excluding hydrogens is 219 g/mol. The molecule has 4 heteroatoms. The summed E-state index contributed by atoms with van der Waals surface area (Å²) in [6.07, 6.45) is 3.25. The van der Waals surface area contributed by atoms with E-state index in [4.69, 9.17) is 0 Å². The third-order valence-corrected chi connectivity index (χ3v) is 2.72. The van der Waals surface area contributed by atoms with Crippen LogP contribution in [0.4, 0.5) is 4.39 Å². The van der Waals surface area contributed by atoms with E-state index in [0.29, 0.717) is 0 Å². The Kier molecular flexibility index (Phi) is 3.88. The number of carbonyl (C=O) groups is 1. The van der Waals surface area contributed by atoms with Crippen molar-refractivity contribution < 1.29 is 9.18 Å². The Morgan fingerprint density at radius 2 is 1.88 bits per heavy atom. The van der Waals surface area contributed by atoms with E-state index in [-0.39, 0.29) is 11.7 Å². The SMILES string of the molecule is O=C(/C=C/c1ccc(F)cc1)N1CCNCC1. The number of rotatable bonds is 2. The highest BCUT2D eigenvalue weighted by atomic mass is 19.1. The smallest absolute Gasteiger partial charge is 0.246 e. The first-order chi connectivity index (χ1) is 8.25. The average molecular weight is 234 g/mol. The number of halogens is 1. The Morgan fingerprint density at radius 3 is 2.53 bits per heavy atom. The second kappa shape index (κ2) is 5.59. The molecular formula is C13H15FN2O. The van der Waals surface area contributed by atoms with Crippen LogP contribution in [-0.4, -0.2) is 37.0 Å². The summed E-state index contributed by atoms with van der Waals surface area (Å²) in [5.41, 5.74) is 0.829. The maximum Gasteiger partial charge on any atom is 0.246 e. The molecule has 0 aliphatic carbocycles. The first-order valence-electron chi connectivity index (χ1n) is 5.69. The number of nitrogens with zero attached hydrogens (tertiary/aromatic N) is 1. The lowest BCUT2D eigenvalue weighted by Crippen LogP contribution is -2.45. The summed E-state index contributed by atoms with van der Waals surface area (Å²) in [7, 11) is 0. The summed E-state index contributed by atoms with van der Waals surface area (Å²) >= 11 is 0. The van der Waals surface area contributed by atoms with Crippen molar-refractivity contribution in [3.8, 4) is 0 Å². The molecule has 1 amide bonds. The van der Waals surface area contributed by atoms with Crippen molar-refractivity contribution in [3.63, 3.8) is 0 Å². The van der Waals surface area contributed by atoms with Gasteiger partial charge in [0.15, 0.2) is 0 Å². The molecule has 3 nitrogen and oxygen atoms in total. The van der Waals surface area contributed by atoms with Crippen molar-refractivity contribution in [2.24, 2.45) is 0 Å². The van der Waals surface area contributed by atoms with E-state index in [1.165, 1.54) is 12.1 Å². The van der Waals surface area contributed by atoms with Crippen molar-refractivity contribution in [3.05, 3.63) is 41.7 Å². The van der Waals surface area contributed by atoms with Crippen molar-refractivity contribution in [2.45, 2.75) is 0 Å². The molecule has 1 aromatic rings. The number of carbonyl (C=O) groups excluding carboxylic acids is 1. The fraction of sp³-hybridized carbons (Fsp3) is 0.308. The zero-order valence-corrected chi connectivity index (χ0v) is 9.53. The molecule has 0 saturated carbocycles. The second-order valence-electron chi connectivity index (χ2n) is 3.96. The molecule has 1 saturated heterocycles. The first-order valence-corrected chi connectivity index (χ1v) is 5.69. The van der Waals surface area contributed by atoms with Crippen LogP contribution in [0.5, 0.6) is 0 Å².